The fraction of sp³-hybridized carbons (Fsp3) is 0.344. The molecule has 0 spiro atoms. The number of H-pyrrole nitrogens is 2. The van der Waals surface area contributed by atoms with Crippen LogP contribution in [-0.2, 0) is 47.7 Å². The van der Waals surface area contributed by atoms with Crippen molar-refractivity contribution in [2.24, 2.45) is 0 Å². The summed E-state index contributed by atoms with van der Waals surface area (Å²) in [4.78, 5) is 68.3. The molecular formula is C32H34N2O10. The summed E-state index contributed by atoms with van der Waals surface area (Å²) in [6, 6.07) is 15.0. The van der Waals surface area contributed by atoms with Crippen LogP contribution >= 0.6 is 0 Å². The number of aromatic amines is 2. The number of ether oxygens (including phenoxy) is 5. The summed E-state index contributed by atoms with van der Waals surface area (Å²) in [7, 11) is 0. The van der Waals surface area contributed by atoms with Crippen LogP contribution in [0.15, 0.2) is 60.9 Å². The van der Waals surface area contributed by atoms with Crippen molar-refractivity contribution in [3.63, 3.8) is 0 Å². The van der Waals surface area contributed by atoms with Gasteiger partial charge in [-0.25, -0.2) is 0 Å². The molecule has 0 aliphatic rings. The molecule has 4 aromatic rings. The Morgan fingerprint density at radius 2 is 1.00 bits per heavy atom. The molecule has 0 fully saturated rings. The van der Waals surface area contributed by atoms with Crippen LogP contribution in [0.3, 0.4) is 0 Å². The maximum absolute atomic E-state index is 12.8. The molecule has 12 nitrogen and oxygen atoms in total. The zero-order valence-electron chi connectivity index (χ0n) is 24.9. The molecule has 4 rings (SSSR count). The Morgan fingerprint density at radius 1 is 0.568 bits per heavy atom. The molecule has 0 bridgehead atoms. The Morgan fingerprint density at radius 3 is 1.45 bits per heavy atom. The van der Waals surface area contributed by atoms with Gasteiger partial charge in [0.25, 0.3) is 0 Å². The number of fused-ring (bicyclic) bond motifs is 2. The lowest BCUT2D eigenvalue weighted by Gasteiger charge is -2.38. The zero-order valence-corrected chi connectivity index (χ0v) is 24.9. The van der Waals surface area contributed by atoms with E-state index in [2.05, 4.69) is 9.97 Å². The second-order valence-corrected chi connectivity index (χ2v) is 10.2. The van der Waals surface area contributed by atoms with E-state index in [1.807, 2.05) is 48.5 Å². The van der Waals surface area contributed by atoms with E-state index < -0.39 is 66.8 Å². The van der Waals surface area contributed by atoms with E-state index in [1.54, 1.807) is 12.4 Å². The predicted molar refractivity (Wildman–Crippen MR) is 157 cm³/mol. The SMILES string of the molecule is CC(=O)OC[C@@H](OC(C)=O)[C@H](OC(C)=O)[C@H](OC(C)=O)[C@@H](OC(C)=O)C(c1c[nH]c2ccccc12)c1c[nH]c2ccccc12. The first-order valence-electron chi connectivity index (χ1n) is 13.9. The van der Waals surface area contributed by atoms with Crippen LogP contribution < -0.4 is 0 Å². The van der Waals surface area contributed by atoms with Gasteiger partial charge in [-0.3, -0.25) is 24.0 Å². The minimum absolute atomic E-state index is 0.539. The lowest BCUT2D eigenvalue weighted by Crippen LogP contribution is -2.54. The van der Waals surface area contributed by atoms with Gasteiger partial charge < -0.3 is 33.7 Å². The molecule has 2 heterocycles. The van der Waals surface area contributed by atoms with Crippen LogP contribution in [0.25, 0.3) is 21.8 Å². The number of rotatable bonds is 12. The highest BCUT2D eigenvalue weighted by Gasteiger charge is 2.48. The van der Waals surface area contributed by atoms with Gasteiger partial charge in [0.15, 0.2) is 24.4 Å². The molecule has 4 atom stereocenters. The quantitative estimate of drug-likeness (QED) is 0.178. The molecule has 0 aliphatic carbocycles. The number of benzene rings is 2. The van der Waals surface area contributed by atoms with E-state index in [9.17, 15) is 24.0 Å². The smallest absolute Gasteiger partial charge is 0.303 e. The summed E-state index contributed by atoms with van der Waals surface area (Å²) in [6.45, 7) is 5.19. The maximum atomic E-state index is 12.8. The second kappa shape index (κ2) is 13.9. The molecule has 0 saturated carbocycles. The summed E-state index contributed by atoms with van der Waals surface area (Å²) in [5.41, 5.74) is 2.95. The van der Waals surface area contributed by atoms with Crippen molar-refractivity contribution in [1.82, 2.24) is 9.97 Å². The molecule has 12 heteroatoms. The zero-order chi connectivity index (χ0) is 32.0. The average molecular weight is 607 g/mol. The van der Waals surface area contributed by atoms with Gasteiger partial charge in [0.1, 0.15) is 6.61 Å². The minimum atomic E-state index is -1.57. The summed E-state index contributed by atoms with van der Waals surface area (Å²) >= 11 is 0. The molecule has 0 saturated heterocycles. The number of carbonyl (C=O) groups excluding carboxylic acids is 5. The fourth-order valence-corrected chi connectivity index (χ4v) is 5.41. The van der Waals surface area contributed by atoms with E-state index in [0.717, 1.165) is 49.5 Å². The van der Waals surface area contributed by atoms with Gasteiger partial charge in [0, 0.05) is 68.8 Å². The number of hydrogen-bond acceptors (Lipinski definition) is 10. The topological polar surface area (TPSA) is 163 Å². The van der Waals surface area contributed by atoms with Gasteiger partial charge >= 0.3 is 29.8 Å². The first-order valence-corrected chi connectivity index (χ1v) is 13.9. The van der Waals surface area contributed by atoms with Gasteiger partial charge in [0.05, 0.1) is 5.92 Å². The molecule has 232 valence electrons. The standard InChI is InChI=1S/C32H34N2O10/c1-17(35)40-16-28(41-18(2)36)30(42-19(3)37)32(44-21(5)39)31(43-20(4)38)29(24-14-33-26-12-8-6-10-22(24)26)25-15-34-27-13-9-7-11-23(25)27/h6-15,28-34H,16H2,1-5H3/t28-,30+,31+,32+/m1/s1. The number of hydrogen-bond donors (Lipinski definition) is 2. The van der Waals surface area contributed by atoms with Crippen LogP contribution in [0.4, 0.5) is 0 Å². The largest absolute Gasteiger partial charge is 0.462 e. The Labute approximate surface area is 252 Å². The van der Waals surface area contributed by atoms with Crippen molar-refractivity contribution in [3.8, 4) is 0 Å². The van der Waals surface area contributed by atoms with Crippen molar-refractivity contribution in [2.75, 3.05) is 6.61 Å². The van der Waals surface area contributed by atoms with Crippen LogP contribution in [-0.4, -0.2) is 70.8 Å². The number of carbonyl (C=O) groups is 5. The molecule has 2 N–H and O–H groups in total. The molecule has 0 aliphatic heterocycles. The highest BCUT2D eigenvalue weighted by molar-refractivity contribution is 5.88. The van der Waals surface area contributed by atoms with Gasteiger partial charge in [-0.05, 0) is 23.3 Å². The predicted octanol–water partition coefficient (Wildman–Crippen LogP) is 4.07. The molecule has 44 heavy (non-hydrogen) atoms. The highest BCUT2D eigenvalue weighted by Crippen LogP contribution is 2.41. The van der Waals surface area contributed by atoms with E-state index in [0.29, 0.717) is 11.1 Å². The lowest BCUT2D eigenvalue weighted by atomic mass is 9.81. The molecule has 0 amide bonds. The van der Waals surface area contributed by atoms with Crippen LogP contribution in [0.1, 0.15) is 51.7 Å². The third-order valence-corrected chi connectivity index (χ3v) is 6.93. The second-order valence-electron chi connectivity index (χ2n) is 10.2. The van der Waals surface area contributed by atoms with Gasteiger partial charge in [-0.2, -0.15) is 0 Å². The minimum Gasteiger partial charge on any atom is -0.462 e. The average Bonchev–Trinajstić information content (AvgIpc) is 3.57. The van der Waals surface area contributed by atoms with E-state index >= 15 is 0 Å². The normalized spacial score (nSPS) is 14.0. The molecule has 2 aromatic carbocycles. The third-order valence-electron chi connectivity index (χ3n) is 6.93. The highest BCUT2D eigenvalue weighted by atomic mass is 16.6. The van der Waals surface area contributed by atoms with Crippen molar-refractivity contribution in [1.29, 1.82) is 0 Å². The van der Waals surface area contributed by atoms with Gasteiger partial charge in [0.2, 0.25) is 0 Å². The van der Waals surface area contributed by atoms with Crippen molar-refractivity contribution < 1.29 is 47.7 Å². The summed E-state index contributed by atoms with van der Waals surface area (Å²) in [5.74, 6) is -4.64. The van der Waals surface area contributed by atoms with Crippen LogP contribution in [0.2, 0.25) is 0 Å². The molecule has 2 aromatic heterocycles. The Bertz CT molecular complexity index is 1600. The lowest BCUT2D eigenvalue weighted by molar-refractivity contribution is -0.203. The van der Waals surface area contributed by atoms with Gasteiger partial charge in [-0.1, -0.05) is 36.4 Å². The Kier molecular flexibility index (Phi) is 10.0. The summed E-state index contributed by atoms with van der Waals surface area (Å²) in [5, 5.41) is 1.59. The van der Waals surface area contributed by atoms with Crippen molar-refractivity contribution >= 4 is 51.7 Å². The number of aromatic nitrogens is 2. The first kappa shape index (κ1) is 31.8. The Balaban J connectivity index is 2.00. The molecule has 0 radical (unpaired) electrons. The van der Waals surface area contributed by atoms with Crippen LogP contribution in [0.5, 0.6) is 0 Å². The third kappa shape index (κ3) is 7.44. The number of esters is 5. The monoisotopic (exact) mass is 606 g/mol. The van der Waals surface area contributed by atoms with E-state index in [1.165, 1.54) is 6.92 Å². The van der Waals surface area contributed by atoms with Crippen molar-refractivity contribution in [2.45, 2.75) is 65.0 Å². The van der Waals surface area contributed by atoms with Crippen LogP contribution in [0, 0.1) is 0 Å². The van der Waals surface area contributed by atoms with E-state index in [4.69, 9.17) is 23.7 Å². The Hall–Kier alpha value is -5.13. The number of para-hydroxylation sites is 2. The van der Waals surface area contributed by atoms with Gasteiger partial charge in [-0.15, -0.1) is 0 Å². The first-order chi connectivity index (χ1) is 21.0. The summed E-state index contributed by atoms with van der Waals surface area (Å²) < 4.78 is 28.0. The maximum Gasteiger partial charge on any atom is 0.303 e. The fourth-order valence-electron chi connectivity index (χ4n) is 5.41. The van der Waals surface area contributed by atoms with Crippen molar-refractivity contribution in [3.05, 3.63) is 72.1 Å². The summed E-state index contributed by atoms with van der Waals surface area (Å²) in [6.07, 6.45) is -2.37. The molecule has 0 unspecified atom stereocenters. The van der Waals surface area contributed by atoms with E-state index in [-0.39, 0.29) is 0 Å². The molecular weight excluding hydrogens is 572 g/mol. The number of nitrogens with one attached hydrogen (secondary N) is 2.